The summed E-state index contributed by atoms with van der Waals surface area (Å²) in [6.45, 7) is 1.77. The molecule has 5 rings (SSSR count). The second-order valence-electron chi connectivity index (χ2n) is 10.1. The molecule has 2 amide bonds. The minimum Gasteiger partial charge on any atom is -0.497 e. The highest BCUT2D eigenvalue weighted by molar-refractivity contribution is 5.92. The third-order valence-electron chi connectivity index (χ3n) is 7.04. The Hall–Kier alpha value is -4.58. The highest BCUT2D eigenvalue weighted by atomic mass is 16.5. The first-order chi connectivity index (χ1) is 19.9. The summed E-state index contributed by atoms with van der Waals surface area (Å²) in [7, 11) is 5.42. The smallest absolute Gasteiger partial charge is 0.262 e. The van der Waals surface area contributed by atoms with Crippen molar-refractivity contribution in [2.75, 3.05) is 58.1 Å². The van der Waals surface area contributed by atoms with Crippen LogP contribution in [-0.2, 0) is 25.6 Å². The first-order valence-electron chi connectivity index (χ1n) is 13.5. The number of likely N-dealkylation sites (N-methyl/N-ethyl adjacent to an activating group) is 1. The Balaban J connectivity index is 1.34. The van der Waals surface area contributed by atoms with Crippen LogP contribution in [0.5, 0.6) is 5.75 Å². The van der Waals surface area contributed by atoms with E-state index in [2.05, 4.69) is 37.5 Å². The summed E-state index contributed by atoms with van der Waals surface area (Å²) in [5.41, 5.74) is 2.47. The van der Waals surface area contributed by atoms with Gasteiger partial charge in [-0.25, -0.2) is 9.97 Å². The number of aromatic nitrogens is 3. The van der Waals surface area contributed by atoms with Crippen molar-refractivity contribution in [3.8, 4) is 5.75 Å². The predicted molar refractivity (Wildman–Crippen MR) is 154 cm³/mol. The number of methoxy groups -OCH3 is 1. The zero-order valence-electron chi connectivity index (χ0n) is 23.5. The number of ether oxygens (including phenoxy) is 3. The number of nitrogens with zero attached hydrogens (tertiary/aromatic N) is 4. The predicted octanol–water partition coefficient (Wildman–Crippen LogP) is 2.88. The molecule has 0 spiro atoms. The number of carbonyl (C=O) groups is 2. The molecule has 1 atom stereocenters. The fraction of sp³-hybridized carbons (Fsp3) is 0.379. The minimum atomic E-state index is -0.325. The second kappa shape index (κ2) is 12.7. The molecule has 216 valence electrons. The van der Waals surface area contributed by atoms with Crippen LogP contribution in [0, 0.1) is 0 Å². The van der Waals surface area contributed by atoms with Gasteiger partial charge in [0.2, 0.25) is 0 Å². The van der Waals surface area contributed by atoms with Gasteiger partial charge in [0.25, 0.3) is 11.8 Å². The summed E-state index contributed by atoms with van der Waals surface area (Å²) in [5, 5.41) is 7.23. The first-order valence-corrected chi connectivity index (χ1v) is 13.5. The summed E-state index contributed by atoms with van der Waals surface area (Å²) in [6, 6.07) is 6.84. The molecule has 3 heterocycles. The Kier molecular flexibility index (Phi) is 8.68. The molecule has 1 aliphatic heterocycles. The maximum atomic E-state index is 12.8. The fourth-order valence-electron chi connectivity index (χ4n) is 4.81. The van der Waals surface area contributed by atoms with Crippen molar-refractivity contribution in [3.05, 3.63) is 66.0 Å². The van der Waals surface area contributed by atoms with E-state index in [4.69, 9.17) is 14.2 Å². The molecule has 12 heteroatoms. The Morgan fingerprint density at radius 3 is 2.83 bits per heavy atom. The molecule has 1 aliphatic carbocycles. The zero-order valence-corrected chi connectivity index (χ0v) is 23.5. The van der Waals surface area contributed by atoms with Gasteiger partial charge in [-0.3, -0.25) is 9.59 Å². The minimum absolute atomic E-state index is 0.131. The van der Waals surface area contributed by atoms with Gasteiger partial charge in [-0.1, -0.05) is 6.08 Å². The van der Waals surface area contributed by atoms with E-state index in [0.29, 0.717) is 48.3 Å². The third kappa shape index (κ3) is 6.95. The molecule has 3 aromatic rings. The molecule has 12 nitrogen and oxygen atoms in total. The van der Waals surface area contributed by atoms with Crippen molar-refractivity contribution in [3.63, 3.8) is 0 Å². The van der Waals surface area contributed by atoms with Crippen molar-refractivity contribution in [2.45, 2.75) is 25.4 Å². The van der Waals surface area contributed by atoms with Gasteiger partial charge in [0.15, 0.2) is 19.0 Å². The number of benzene rings is 1. The maximum absolute atomic E-state index is 12.8. The van der Waals surface area contributed by atoms with E-state index in [1.807, 2.05) is 12.3 Å². The Morgan fingerprint density at radius 1 is 1.20 bits per heavy atom. The number of nitrogens with one attached hydrogen (secondary N) is 3. The molecular weight excluding hydrogens is 526 g/mol. The van der Waals surface area contributed by atoms with Gasteiger partial charge in [0.05, 0.1) is 18.5 Å². The standard InChI is InChI=1S/C29H35N7O5/c1-35-11-4-12-36(2)26(38)17-41-24-13-21(34-29-27-19(15-35)14-30-28(27)31-18-32-29)7-10-23(24)40-16-25(37)33-20-5-8-22(39-3)9-6-20/h5-10,14,18,21H,4,11-13,15-17H2,1-3H3,(H,33,37)(H2,30,31,32,34). The van der Waals surface area contributed by atoms with E-state index in [-0.39, 0.29) is 31.1 Å². The highest BCUT2D eigenvalue weighted by Gasteiger charge is 2.24. The van der Waals surface area contributed by atoms with Gasteiger partial charge in [-0.05, 0) is 55.9 Å². The van der Waals surface area contributed by atoms with Gasteiger partial charge in [0, 0.05) is 38.4 Å². The molecule has 0 radical (unpaired) electrons. The van der Waals surface area contributed by atoms with Crippen molar-refractivity contribution >= 4 is 34.4 Å². The number of hydrogen-bond acceptors (Lipinski definition) is 9. The lowest BCUT2D eigenvalue weighted by atomic mass is 10.1. The molecule has 2 aliphatic rings. The average molecular weight is 562 g/mol. The zero-order chi connectivity index (χ0) is 28.8. The number of hydrogen-bond donors (Lipinski definition) is 3. The third-order valence-corrected chi connectivity index (χ3v) is 7.04. The van der Waals surface area contributed by atoms with Crippen molar-refractivity contribution in [1.82, 2.24) is 24.8 Å². The highest BCUT2D eigenvalue weighted by Crippen LogP contribution is 2.29. The fourth-order valence-corrected chi connectivity index (χ4v) is 4.81. The number of aromatic amines is 1. The van der Waals surface area contributed by atoms with E-state index in [9.17, 15) is 9.59 Å². The van der Waals surface area contributed by atoms with Crippen LogP contribution >= 0.6 is 0 Å². The Labute approximate surface area is 238 Å². The monoisotopic (exact) mass is 561 g/mol. The van der Waals surface area contributed by atoms with Crippen molar-refractivity contribution < 1.29 is 23.8 Å². The molecule has 41 heavy (non-hydrogen) atoms. The molecule has 2 bridgehead atoms. The summed E-state index contributed by atoms with van der Waals surface area (Å²) in [4.78, 5) is 41.5. The first kappa shape index (κ1) is 28.0. The lowest BCUT2D eigenvalue weighted by Gasteiger charge is -2.26. The number of fused-ring (bicyclic) bond motifs is 2. The Morgan fingerprint density at radius 2 is 2.02 bits per heavy atom. The SMILES string of the molecule is COc1ccc(NC(=O)COC2=C3CC(C=C2)Nc2ncnc4[nH]cc(c24)CN(C)CCCN(C)C(=O)CO3)cc1. The van der Waals surface area contributed by atoms with E-state index in [1.165, 1.54) is 6.33 Å². The molecule has 1 unspecified atom stereocenters. The normalized spacial score (nSPS) is 18.6. The molecule has 0 saturated heterocycles. The number of H-pyrrole nitrogens is 1. The molecule has 0 fully saturated rings. The van der Waals surface area contributed by atoms with Gasteiger partial charge < -0.3 is 39.6 Å². The summed E-state index contributed by atoms with van der Waals surface area (Å²) in [5.74, 6) is 1.83. The number of amides is 2. The largest absolute Gasteiger partial charge is 0.497 e. The molecule has 0 saturated carbocycles. The summed E-state index contributed by atoms with van der Waals surface area (Å²) in [6.07, 6.45) is 8.40. The van der Waals surface area contributed by atoms with Crippen LogP contribution in [0.3, 0.4) is 0 Å². The van der Waals surface area contributed by atoms with Gasteiger partial charge in [0.1, 0.15) is 29.3 Å². The summed E-state index contributed by atoms with van der Waals surface area (Å²) >= 11 is 0. The van der Waals surface area contributed by atoms with Crippen molar-refractivity contribution in [1.29, 1.82) is 0 Å². The van der Waals surface area contributed by atoms with Crippen LogP contribution in [0.4, 0.5) is 11.5 Å². The van der Waals surface area contributed by atoms with E-state index in [0.717, 1.165) is 29.6 Å². The quantitative estimate of drug-likeness (QED) is 0.430. The lowest BCUT2D eigenvalue weighted by Crippen LogP contribution is -2.33. The van der Waals surface area contributed by atoms with Gasteiger partial charge >= 0.3 is 0 Å². The number of allylic oxidation sites excluding steroid dienone is 1. The number of carbonyl (C=O) groups excluding carboxylic acids is 2. The van der Waals surface area contributed by atoms with Crippen LogP contribution in [0.25, 0.3) is 11.0 Å². The van der Waals surface area contributed by atoms with Crippen LogP contribution in [0.2, 0.25) is 0 Å². The van der Waals surface area contributed by atoms with Crippen molar-refractivity contribution in [2.24, 2.45) is 0 Å². The van der Waals surface area contributed by atoms with E-state index >= 15 is 0 Å². The Bertz CT molecular complexity index is 1450. The van der Waals surface area contributed by atoms with E-state index < -0.39 is 0 Å². The lowest BCUT2D eigenvalue weighted by molar-refractivity contribution is -0.133. The van der Waals surface area contributed by atoms with Gasteiger partial charge in [-0.15, -0.1) is 0 Å². The second-order valence-corrected chi connectivity index (χ2v) is 10.1. The van der Waals surface area contributed by atoms with Crippen LogP contribution in [0.1, 0.15) is 18.4 Å². The molecule has 1 aromatic carbocycles. The molecule has 3 N–H and O–H groups in total. The maximum Gasteiger partial charge on any atom is 0.262 e. The number of rotatable bonds is 5. The molecule has 2 aromatic heterocycles. The average Bonchev–Trinajstić information content (AvgIpc) is 3.38. The van der Waals surface area contributed by atoms with Crippen LogP contribution < -0.4 is 15.4 Å². The summed E-state index contributed by atoms with van der Waals surface area (Å²) < 4.78 is 17.0. The number of anilines is 2. The van der Waals surface area contributed by atoms with E-state index in [1.54, 1.807) is 49.4 Å². The van der Waals surface area contributed by atoms with Crippen LogP contribution in [-0.4, -0.2) is 90.1 Å². The topological polar surface area (TPSA) is 134 Å². The molecular formula is C29H35N7O5. The van der Waals surface area contributed by atoms with Crippen LogP contribution in [0.15, 0.2) is 60.5 Å². The van der Waals surface area contributed by atoms with Gasteiger partial charge in [-0.2, -0.15) is 0 Å².